The highest BCUT2D eigenvalue weighted by atomic mass is 16.5. The summed E-state index contributed by atoms with van der Waals surface area (Å²) in [6.07, 6.45) is 3.80. The van der Waals surface area contributed by atoms with Crippen molar-refractivity contribution < 1.29 is 14.3 Å². The van der Waals surface area contributed by atoms with E-state index in [2.05, 4.69) is 4.98 Å². The fourth-order valence-electron chi connectivity index (χ4n) is 3.07. The van der Waals surface area contributed by atoms with Gasteiger partial charge in [-0.15, -0.1) is 0 Å². The number of hydrogen-bond acceptors (Lipinski definition) is 5. The molecule has 2 amide bonds. The molecule has 124 valence electrons. The van der Waals surface area contributed by atoms with Crippen LogP contribution in [0.15, 0.2) is 18.3 Å². The van der Waals surface area contributed by atoms with Crippen LogP contribution in [0, 0.1) is 0 Å². The third kappa shape index (κ3) is 3.61. The van der Waals surface area contributed by atoms with Crippen LogP contribution in [0.25, 0.3) is 0 Å². The molecule has 2 aliphatic heterocycles. The molecule has 0 radical (unpaired) electrons. The highest BCUT2D eigenvalue weighted by Crippen LogP contribution is 2.20. The molecule has 2 aliphatic rings. The van der Waals surface area contributed by atoms with Crippen molar-refractivity contribution >= 4 is 17.5 Å². The number of anilines is 1. The molecule has 3 heterocycles. The first-order valence-corrected chi connectivity index (χ1v) is 7.98. The van der Waals surface area contributed by atoms with Gasteiger partial charge in [-0.25, -0.2) is 4.98 Å². The van der Waals surface area contributed by atoms with Crippen molar-refractivity contribution in [2.45, 2.75) is 12.8 Å². The van der Waals surface area contributed by atoms with Gasteiger partial charge < -0.3 is 14.5 Å². The number of methoxy groups -OCH3 is 1. The lowest BCUT2D eigenvalue weighted by molar-refractivity contribution is -0.132. The molecule has 0 aromatic carbocycles. The Balaban J connectivity index is 1.58. The number of carbonyl (C=O) groups excluding carboxylic acids is 2. The van der Waals surface area contributed by atoms with Gasteiger partial charge in [0.25, 0.3) is 0 Å². The van der Waals surface area contributed by atoms with E-state index in [9.17, 15) is 9.59 Å². The van der Waals surface area contributed by atoms with E-state index in [1.807, 2.05) is 9.80 Å². The van der Waals surface area contributed by atoms with Crippen molar-refractivity contribution in [1.29, 1.82) is 0 Å². The molecular formula is C16H22N4O3. The topological polar surface area (TPSA) is 66.0 Å². The molecule has 0 saturated carbocycles. The van der Waals surface area contributed by atoms with Gasteiger partial charge >= 0.3 is 0 Å². The quantitative estimate of drug-likeness (QED) is 0.802. The summed E-state index contributed by atoms with van der Waals surface area (Å²) in [5, 5.41) is 0. The standard InChI is InChI=1S/C16H22N4O3/c1-23-14-10-13(4-5-17-14)20-9-8-18(12-16(20)22)11-15(21)19-6-2-3-7-19/h4-5,10H,2-3,6-9,11-12H2,1H3. The number of nitrogens with zero attached hydrogens (tertiary/aromatic N) is 4. The lowest BCUT2D eigenvalue weighted by Gasteiger charge is -2.34. The van der Waals surface area contributed by atoms with E-state index in [4.69, 9.17) is 4.74 Å². The zero-order valence-corrected chi connectivity index (χ0v) is 13.4. The summed E-state index contributed by atoms with van der Waals surface area (Å²) in [5.41, 5.74) is 0.785. The van der Waals surface area contributed by atoms with Gasteiger partial charge in [0.1, 0.15) is 0 Å². The zero-order valence-electron chi connectivity index (χ0n) is 13.4. The molecule has 2 fully saturated rings. The number of hydrogen-bond donors (Lipinski definition) is 0. The summed E-state index contributed by atoms with van der Waals surface area (Å²) in [6.45, 7) is 3.56. The van der Waals surface area contributed by atoms with Gasteiger partial charge in [0.2, 0.25) is 17.7 Å². The Labute approximate surface area is 135 Å². The summed E-state index contributed by atoms with van der Waals surface area (Å²) in [4.78, 5) is 34.2. The van der Waals surface area contributed by atoms with Crippen molar-refractivity contribution in [2.75, 3.05) is 51.3 Å². The highest BCUT2D eigenvalue weighted by molar-refractivity contribution is 5.96. The van der Waals surface area contributed by atoms with E-state index in [0.29, 0.717) is 25.5 Å². The van der Waals surface area contributed by atoms with Gasteiger partial charge in [0.15, 0.2) is 0 Å². The monoisotopic (exact) mass is 318 g/mol. The van der Waals surface area contributed by atoms with Crippen molar-refractivity contribution in [1.82, 2.24) is 14.8 Å². The Morgan fingerprint density at radius 2 is 2.04 bits per heavy atom. The average molecular weight is 318 g/mol. The third-order valence-electron chi connectivity index (χ3n) is 4.36. The Morgan fingerprint density at radius 1 is 1.26 bits per heavy atom. The number of carbonyl (C=O) groups is 2. The van der Waals surface area contributed by atoms with Crippen LogP contribution in [0.2, 0.25) is 0 Å². The molecule has 0 bridgehead atoms. The number of rotatable bonds is 4. The fraction of sp³-hybridized carbons (Fsp3) is 0.562. The first kappa shape index (κ1) is 15.7. The maximum Gasteiger partial charge on any atom is 0.241 e. The molecular weight excluding hydrogens is 296 g/mol. The van der Waals surface area contributed by atoms with Crippen LogP contribution in [0.5, 0.6) is 5.88 Å². The van der Waals surface area contributed by atoms with Crippen LogP contribution in [0.4, 0.5) is 5.69 Å². The van der Waals surface area contributed by atoms with Gasteiger partial charge in [-0.05, 0) is 18.9 Å². The van der Waals surface area contributed by atoms with Crippen LogP contribution < -0.4 is 9.64 Å². The SMILES string of the molecule is COc1cc(N2CCN(CC(=O)N3CCCC3)CC2=O)ccn1. The van der Waals surface area contributed by atoms with Crippen LogP contribution in [-0.2, 0) is 9.59 Å². The molecule has 1 aromatic rings. The maximum absolute atomic E-state index is 12.4. The molecule has 23 heavy (non-hydrogen) atoms. The van der Waals surface area contributed by atoms with Crippen LogP contribution in [0.3, 0.4) is 0 Å². The predicted molar refractivity (Wildman–Crippen MR) is 85.4 cm³/mol. The Morgan fingerprint density at radius 3 is 2.74 bits per heavy atom. The molecule has 7 nitrogen and oxygen atoms in total. The second kappa shape index (κ2) is 6.95. The minimum Gasteiger partial charge on any atom is -0.481 e. The smallest absolute Gasteiger partial charge is 0.241 e. The molecule has 7 heteroatoms. The molecule has 0 aliphatic carbocycles. The first-order chi connectivity index (χ1) is 11.2. The highest BCUT2D eigenvalue weighted by Gasteiger charge is 2.28. The number of likely N-dealkylation sites (tertiary alicyclic amines) is 1. The Hall–Kier alpha value is -2.15. The Bertz CT molecular complexity index is 586. The maximum atomic E-state index is 12.4. The van der Waals surface area contributed by atoms with E-state index in [1.54, 1.807) is 30.3 Å². The van der Waals surface area contributed by atoms with E-state index >= 15 is 0 Å². The number of ether oxygens (including phenoxy) is 1. The third-order valence-corrected chi connectivity index (χ3v) is 4.36. The minimum atomic E-state index is -0.00118. The van der Waals surface area contributed by atoms with Gasteiger partial charge in [-0.3, -0.25) is 14.5 Å². The lowest BCUT2D eigenvalue weighted by Crippen LogP contribution is -2.53. The average Bonchev–Trinajstić information content (AvgIpc) is 3.09. The van der Waals surface area contributed by atoms with Crippen LogP contribution in [-0.4, -0.2) is 73.0 Å². The summed E-state index contributed by atoms with van der Waals surface area (Å²) in [6, 6.07) is 3.55. The van der Waals surface area contributed by atoms with E-state index < -0.39 is 0 Å². The number of pyridine rings is 1. The first-order valence-electron chi connectivity index (χ1n) is 7.98. The Kier molecular flexibility index (Phi) is 4.76. The second-order valence-electron chi connectivity index (χ2n) is 5.90. The minimum absolute atomic E-state index is 0.00118. The van der Waals surface area contributed by atoms with Crippen molar-refractivity contribution in [3.63, 3.8) is 0 Å². The molecule has 0 atom stereocenters. The van der Waals surface area contributed by atoms with E-state index in [0.717, 1.165) is 31.6 Å². The predicted octanol–water partition coefficient (Wildman–Crippen LogP) is 0.361. The molecule has 3 rings (SSSR count). The molecule has 2 saturated heterocycles. The second-order valence-corrected chi connectivity index (χ2v) is 5.90. The molecule has 0 N–H and O–H groups in total. The summed E-state index contributed by atoms with van der Waals surface area (Å²) in [7, 11) is 1.55. The van der Waals surface area contributed by atoms with Crippen molar-refractivity contribution in [3.8, 4) is 5.88 Å². The van der Waals surface area contributed by atoms with Gasteiger partial charge in [-0.1, -0.05) is 0 Å². The van der Waals surface area contributed by atoms with Gasteiger partial charge in [0.05, 0.1) is 25.9 Å². The summed E-state index contributed by atoms with van der Waals surface area (Å²) in [5.74, 6) is 0.620. The fourth-order valence-corrected chi connectivity index (χ4v) is 3.07. The van der Waals surface area contributed by atoms with E-state index in [-0.39, 0.29) is 18.4 Å². The molecule has 0 spiro atoms. The normalized spacial score (nSPS) is 19.3. The number of piperazine rings is 1. The number of amides is 2. The number of aromatic nitrogens is 1. The molecule has 0 unspecified atom stereocenters. The lowest BCUT2D eigenvalue weighted by atomic mass is 10.2. The van der Waals surface area contributed by atoms with Crippen molar-refractivity contribution in [2.24, 2.45) is 0 Å². The zero-order chi connectivity index (χ0) is 16.2. The van der Waals surface area contributed by atoms with Crippen LogP contribution in [0.1, 0.15) is 12.8 Å². The van der Waals surface area contributed by atoms with E-state index in [1.165, 1.54) is 0 Å². The summed E-state index contributed by atoms with van der Waals surface area (Å²) >= 11 is 0. The largest absolute Gasteiger partial charge is 0.481 e. The van der Waals surface area contributed by atoms with Crippen LogP contribution >= 0.6 is 0 Å². The summed E-state index contributed by atoms with van der Waals surface area (Å²) < 4.78 is 5.10. The molecule has 1 aromatic heterocycles. The van der Waals surface area contributed by atoms with Crippen molar-refractivity contribution in [3.05, 3.63) is 18.3 Å². The van der Waals surface area contributed by atoms with Gasteiger partial charge in [-0.2, -0.15) is 0 Å². The van der Waals surface area contributed by atoms with Gasteiger partial charge in [0, 0.05) is 38.4 Å².